The second-order valence-electron chi connectivity index (χ2n) is 12.3. The van der Waals surface area contributed by atoms with Crippen molar-refractivity contribution in [1.29, 1.82) is 0 Å². The maximum absolute atomic E-state index is 14.2. The first-order chi connectivity index (χ1) is 24.6. The van der Waals surface area contributed by atoms with E-state index in [1.165, 1.54) is 29.2 Å². The molecule has 1 aliphatic carbocycles. The van der Waals surface area contributed by atoms with Crippen molar-refractivity contribution >= 4 is 29.3 Å². The Morgan fingerprint density at radius 2 is 1.47 bits per heavy atom. The summed E-state index contributed by atoms with van der Waals surface area (Å²) < 4.78 is 51.6. The fourth-order valence-corrected chi connectivity index (χ4v) is 6.62. The average Bonchev–Trinajstić information content (AvgIpc) is 3.30. The molecule has 0 saturated carbocycles. The van der Waals surface area contributed by atoms with Gasteiger partial charge in [-0.25, -0.2) is 4.79 Å². The monoisotopic (exact) mass is 691 g/mol. The van der Waals surface area contributed by atoms with Crippen molar-refractivity contribution < 1.29 is 37.0 Å². The van der Waals surface area contributed by atoms with Crippen LogP contribution in [0.1, 0.15) is 50.1 Å². The summed E-state index contributed by atoms with van der Waals surface area (Å²) in [6.07, 6.45) is -5.26. The molecule has 0 spiro atoms. The summed E-state index contributed by atoms with van der Waals surface area (Å²) in [4.78, 5) is 42.6. The number of aryl methyl sites for hydroxylation is 1. The Kier molecular flexibility index (Phi) is 8.95. The van der Waals surface area contributed by atoms with E-state index in [9.17, 15) is 27.6 Å². The normalized spacial score (nSPS) is 15.1. The number of alkyl halides is 3. The molecular formula is C40H32F3N3O5. The van der Waals surface area contributed by atoms with Crippen molar-refractivity contribution in [2.75, 3.05) is 30.4 Å². The van der Waals surface area contributed by atoms with Crippen LogP contribution in [0.4, 0.5) is 29.3 Å². The van der Waals surface area contributed by atoms with E-state index in [1.54, 1.807) is 37.3 Å². The number of halogens is 3. The molecule has 0 aromatic heterocycles. The van der Waals surface area contributed by atoms with Crippen LogP contribution < -0.4 is 15.4 Å². The van der Waals surface area contributed by atoms with Gasteiger partial charge < -0.3 is 20.1 Å². The summed E-state index contributed by atoms with van der Waals surface area (Å²) in [6.45, 7) is 1.97. The van der Waals surface area contributed by atoms with Crippen molar-refractivity contribution in [1.82, 2.24) is 4.90 Å². The van der Waals surface area contributed by atoms with Gasteiger partial charge in [0.1, 0.15) is 25.0 Å². The zero-order valence-electron chi connectivity index (χ0n) is 27.4. The van der Waals surface area contributed by atoms with Crippen molar-refractivity contribution in [3.63, 3.8) is 0 Å². The molecule has 1 heterocycles. The predicted molar refractivity (Wildman–Crippen MR) is 186 cm³/mol. The lowest BCUT2D eigenvalue weighted by Gasteiger charge is -2.29. The van der Waals surface area contributed by atoms with Crippen molar-refractivity contribution in [2.45, 2.75) is 25.1 Å². The van der Waals surface area contributed by atoms with Gasteiger partial charge in [-0.05, 0) is 71.1 Å². The fourth-order valence-electron chi connectivity index (χ4n) is 6.62. The van der Waals surface area contributed by atoms with Crippen LogP contribution in [0.5, 0.6) is 5.75 Å². The van der Waals surface area contributed by atoms with E-state index in [-0.39, 0.29) is 42.6 Å². The Balaban J connectivity index is 1.13. The van der Waals surface area contributed by atoms with Crippen LogP contribution in [0, 0.1) is 6.92 Å². The highest BCUT2D eigenvalue weighted by Crippen LogP contribution is 2.45. The smallest absolute Gasteiger partial charge is 0.416 e. The van der Waals surface area contributed by atoms with Gasteiger partial charge in [-0.2, -0.15) is 13.2 Å². The van der Waals surface area contributed by atoms with Gasteiger partial charge in [-0.3, -0.25) is 14.5 Å². The quantitative estimate of drug-likeness (QED) is 0.186. The fraction of sp³-hybridized carbons (Fsp3) is 0.175. The number of fused-ring (bicyclic) bond motifs is 4. The number of hydrogen-bond acceptors (Lipinski definition) is 5. The Morgan fingerprint density at radius 3 is 2.18 bits per heavy atom. The van der Waals surface area contributed by atoms with Crippen LogP contribution in [-0.2, 0) is 15.7 Å². The number of ether oxygens (including phenoxy) is 2. The Bertz CT molecular complexity index is 2100. The van der Waals surface area contributed by atoms with Crippen molar-refractivity contribution in [3.8, 4) is 16.9 Å². The van der Waals surface area contributed by atoms with Crippen LogP contribution in [-0.4, -0.2) is 42.6 Å². The van der Waals surface area contributed by atoms with E-state index in [2.05, 4.69) is 10.6 Å². The SMILES string of the molecule is Cc1ccc(C(=O)Nc2cccc(C(F)(F)F)c2)cc1NC(=O)C1c2ccccc2OCCN1C(=O)OCC1c2ccccc2-c2ccccc21. The minimum absolute atomic E-state index is 0.0326. The molecule has 0 fully saturated rings. The number of carbonyl (C=O) groups is 3. The maximum Gasteiger partial charge on any atom is 0.416 e. The number of carbonyl (C=O) groups excluding carboxylic acids is 3. The highest BCUT2D eigenvalue weighted by atomic mass is 19.4. The van der Waals surface area contributed by atoms with E-state index in [0.29, 0.717) is 16.9 Å². The molecule has 5 aromatic rings. The molecule has 1 atom stereocenters. The predicted octanol–water partition coefficient (Wildman–Crippen LogP) is 8.59. The second kappa shape index (κ2) is 13.7. The summed E-state index contributed by atoms with van der Waals surface area (Å²) in [5.41, 5.74) is 4.81. The Morgan fingerprint density at radius 1 is 0.804 bits per heavy atom. The van der Waals surface area contributed by atoms with E-state index in [1.807, 2.05) is 48.5 Å². The van der Waals surface area contributed by atoms with Crippen LogP contribution >= 0.6 is 0 Å². The van der Waals surface area contributed by atoms with Crippen LogP contribution in [0.25, 0.3) is 11.1 Å². The van der Waals surface area contributed by atoms with E-state index < -0.39 is 35.7 Å². The molecule has 5 aromatic carbocycles. The number of nitrogens with zero attached hydrogens (tertiary/aromatic N) is 1. The van der Waals surface area contributed by atoms with Gasteiger partial charge in [0.15, 0.2) is 0 Å². The molecule has 0 saturated heterocycles. The minimum Gasteiger partial charge on any atom is -0.491 e. The first-order valence-corrected chi connectivity index (χ1v) is 16.3. The molecule has 7 rings (SSSR count). The van der Waals surface area contributed by atoms with E-state index in [4.69, 9.17) is 9.47 Å². The van der Waals surface area contributed by atoms with Gasteiger partial charge in [0.2, 0.25) is 0 Å². The van der Waals surface area contributed by atoms with Crippen molar-refractivity contribution in [3.05, 3.63) is 149 Å². The molecule has 258 valence electrons. The molecule has 0 bridgehead atoms. The highest BCUT2D eigenvalue weighted by Gasteiger charge is 2.38. The van der Waals surface area contributed by atoms with Gasteiger partial charge in [-0.15, -0.1) is 0 Å². The lowest BCUT2D eigenvalue weighted by atomic mass is 9.98. The molecule has 3 amide bonds. The molecular weight excluding hydrogens is 659 g/mol. The Labute approximate surface area is 291 Å². The topological polar surface area (TPSA) is 97.0 Å². The number of para-hydroxylation sites is 1. The molecule has 2 aliphatic rings. The average molecular weight is 692 g/mol. The largest absolute Gasteiger partial charge is 0.491 e. The van der Waals surface area contributed by atoms with Gasteiger partial charge in [0, 0.05) is 28.4 Å². The minimum atomic E-state index is -4.57. The third-order valence-electron chi connectivity index (χ3n) is 9.14. The summed E-state index contributed by atoms with van der Waals surface area (Å²) in [5, 5.41) is 5.36. The third-order valence-corrected chi connectivity index (χ3v) is 9.14. The molecule has 1 aliphatic heterocycles. The molecule has 11 heteroatoms. The van der Waals surface area contributed by atoms with Crippen LogP contribution in [0.15, 0.2) is 115 Å². The number of anilines is 2. The summed E-state index contributed by atoms with van der Waals surface area (Å²) >= 11 is 0. The van der Waals surface area contributed by atoms with Gasteiger partial charge in [-0.1, -0.05) is 78.9 Å². The molecule has 0 radical (unpaired) electrons. The van der Waals surface area contributed by atoms with Gasteiger partial charge in [0.05, 0.1) is 12.1 Å². The number of hydrogen-bond donors (Lipinski definition) is 2. The lowest BCUT2D eigenvalue weighted by Crippen LogP contribution is -2.42. The maximum atomic E-state index is 14.2. The summed E-state index contributed by atoms with van der Waals surface area (Å²) in [5.74, 6) is -0.979. The molecule has 51 heavy (non-hydrogen) atoms. The van der Waals surface area contributed by atoms with Crippen LogP contribution in [0.3, 0.4) is 0 Å². The number of nitrogens with one attached hydrogen (secondary N) is 2. The second-order valence-corrected chi connectivity index (χ2v) is 12.3. The molecule has 8 nitrogen and oxygen atoms in total. The third kappa shape index (κ3) is 6.74. The first-order valence-electron chi connectivity index (χ1n) is 16.3. The number of amides is 3. The van der Waals surface area contributed by atoms with E-state index >= 15 is 0 Å². The van der Waals surface area contributed by atoms with Gasteiger partial charge in [0.25, 0.3) is 11.8 Å². The zero-order chi connectivity index (χ0) is 35.7. The Hall–Kier alpha value is -6.10. The summed E-state index contributed by atoms with van der Waals surface area (Å²) in [7, 11) is 0. The number of benzene rings is 5. The first kappa shape index (κ1) is 33.4. The zero-order valence-corrected chi connectivity index (χ0v) is 27.4. The molecule has 2 N–H and O–H groups in total. The van der Waals surface area contributed by atoms with Crippen LogP contribution in [0.2, 0.25) is 0 Å². The summed E-state index contributed by atoms with van der Waals surface area (Å²) in [6, 6.07) is 30.7. The molecule has 1 unspecified atom stereocenters. The van der Waals surface area contributed by atoms with E-state index in [0.717, 1.165) is 34.4 Å². The number of rotatable bonds is 6. The standard InChI is InChI=1S/C40H32F3N3O5/c1-24-17-18-25(37(47)44-27-10-8-9-26(22-27)40(41,42)43)21-34(24)45-38(48)36-32-15-6-7-16-35(32)50-20-19-46(36)39(49)51-23-33-30-13-4-2-11-28(30)29-12-3-5-14-31(29)33/h2-18,21-22,33,36H,19-20,23H2,1H3,(H,44,47)(H,45,48). The highest BCUT2D eigenvalue weighted by molar-refractivity contribution is 6.06. The lowest BCUT2D eigenvalue weighted by molar-refractivity contribution is -0.137. The van der Waals surface area contributed by atoms with Crippen molar-refractivity contribution in [2.24, 2.45) is 0 Å². The van der Waals surface area contributed by atoms with Gasteiger partial charge >= 0.3 is 12.3 Å².